The van der Waals surface area contributed by atoms with Gasteiger partial charge in [0.1, 0.15) is 0 Å². The van der Waals surface area contributed by atoms with Crippen LogP contribution in [0.15, 0.2) is 120 Å². The lowest BCUT2D eigenvalue weighted by Gasteiger charge is -2.17. The van der Waals surface area contributed by atoms with Crippen LogP contribution in [0.1, 0.15) is 49.7 Å². The number of oxazole rings is 1. The van der Waals surface area contributed by atoms with E-state index in [0.717, 1.165) is 47.9 Å². The fraction of sp³-hybridized carbons (Fsp3) is 0.244. The predicted octanol–water partition coefficient (Wildman–Crippen LogP) is 6.45. The van der Waals surface area contributed by atoms with Crippen LogP contribution in [0.5, 0.6) is 0 Å². The lowest BCUT2D eigenvalue weighted by Crippen LogP contribution is -2.40. The van der Waals surface area contributed by atoms with Gasteiger partial charge in [0.25, 0.3) is 0 Å². The summed E-state index contributed by atoms with van der Waals surface area (Å²) in [5, 5.41) is 12.0. The molecule has 2 aliphatic carbocycles. The zero-order valence-electron chi connectivity index (χ0n) is 28.1. The standard InChI is InChI=1S/C41H39N5O5/c47-35(23-28-7-3-1-4-8-28)45-40(19-20-40)25-37(49)43-32-15-11-30(12-16-32)34-27-42-39(51-34)31-13-17-33(18-14-31)44-38(50)26-41(21-22-41)46-36(48)24-29-9-5-2-6-10-29/h1-18,27H,19-26H2,(H,43,49)(H,44,50)(H,45,47)(H,46,48). The minimum absolute atomic E-state index is 0.0787. The number of carbonyl (C=O) groups excluding carboxylic acids is 4. The first-order chi connectivity index (χ1) is 24.7. The third-order valence-electron chi connectivity index (χ3n) is 9.30. The second kappa shape index (κ2) is 14.4. The van der Waals surface area contributed by atoms with Crippen molar-refractivity contribution in [3.05, 3.63) is 127 Å². The smallest absolute Gasteiger partial charge is 0.226 e. The maximum absolute atomic E-state index is 12.8. The third kappa shape index (κ3) is 8.96. The molecule has 10 nitrogen and oxygen atoms in total. The summed E-state index contributed by atoms with van der Waals surface area (Å²) in [5.41, 5.74) is 3.76. The topological polar surface area (TPSA) is 142 Å². The van der Waals surface area contributed by atoms with E-state index in [1.807, 2.05) is 84.9 Å². The van der Waals surface area contributed by atoms with Gasteiger partial charge in [-0.3, -0.25) is 19.2 Å². The lowest BCUT2D eigenvalue weighted by atomic mass is 10.1. The van der Waals surface area contributed by atoms with E-state index in [0.29, 0.717) is 29.4 Å². The molecule has 0 aliphatic heterocycles. The Hall–Kier alpha value is -6.03. The number of nitrogens with zero attached hydrogens (tertiary/aromatic N) is 1. The number of rotatable bonds is 14. The number of benzene rings is 4. The maximum Gasteiger partial charge on any atom is 0.226 e. The molecule has 1 heterocycles. The van der Waals surface area contributed by atoms with E-state index in [1.54, 1.807) is 30.5 Å². The van der Waals surface area contributed by atoms with Crippen molar-refractivity contribution < 1.29 is 23.6 Å². The number of hydrogen-bond acceptors (Lipinski definition) is 6. The van der Waals surface area contributed by atoms with Crippen LogP contribution in [-0.4, -0.2) is 39.7 Å². The molecule has 5 aromatic rings. The molecule has 0 saturated heterocycles. The number of anilines is 2. The number of nitrogens with one attached hydrogen (secondary N) is 4. The number of carbonyl (C=O) groups is 4. The van der Waals surface area contributed by atoms with Crippen molar-refractivity contribution in [1.82, 2.24) is 15.6 Å². The van der Waals surface area contributed by atoms with Gasteiger partial charge >= 0.3 is 0 Å². The second-order valence-corrected chi connectivity index (χ2v) is 13.6. The summed E-state index contributed by atoms with van der Waals surface area (Å²) in [6.45, 7) is 0. The van der Waals surface area contributed by atoms with E-state index in [1.165, 1.54) is 0 Å². The van der Waals surface area contributed by atoms with E-state index in [4.69, 9.17) is 4.42 Å². The molecule has 7 rings (SSSR count). The van der Waals surface area contributed by atoms with Gasteiger partial charge in [-0.1, -0.05) is 60.7 Å². The molecule has 0 bridgehead atoms. The van der Waals surface area contributed by atoms with Gasteiger partial charge in [0.05, 0.1) is 31.9 Å². The Morgan fingerprint density at radius 1 is 0.549 bits per heavy atom. The minimum Gasteiger partial charge on any atom is -0.436 e. The highest BCUT2D eigenvalue weighted by Crippen LogP contribution is 2.40. The highest BCUT2D eigenvalue weighted by molar-refractivity contribution is 5.93. The molecule has 4 N–H and O–H groups in total. The SMILES string of the molecule is O=C(CC1(NC(=O)Cc2ccccc2)CC1)Nc1ccc(-c2cnc(-c3ccc(NC(=O)CC4(NC(=O)Cc5ccccc5)CC4)cc3)o2)cc1. The van der Waals surface area contributed by atoms with E-state index in [2.05, 4.69) is 26.3 Å². The van der Waals surface area contributed by atoms with Crippen molar-refractivity contribution in [3.8, 4) is 22.8 Å². The molecule has 0 radical (unpaired) electrons. The Balaban J connectivity index is 0.874. The Morgan fingerprint density at radius 2 is 0.980 bits per heavy atom. The average Bonchev–Trinajstić information content (AvgIpc) is 4.00. The van der Waals surface area contributed by atoms with Crippen LogP contribution in [0.2, 0.25) is 0 Å². The van der Waals surface area contributed by atoms with Crippen LogP contribution < -0.4 is 21.3 Å². The van der Waals surface area contributed by atoms with Gasteiger partial charge in [0, 0.05) is 33.6 Å². The summed E-state index contributed by atoms with van der Waals surface area (Å²) in [6.07, 6.45) is 5.78. The molecule has 10 heteroatoms. The van der Waals surface area contributed by atoms with Gasteiger partial charge in [-0.15, -0.1) is 0 Å². The van der Waals surface area contributed by atoms with Crippen molar-refractivity contribution in [2.75, 3.05) is 10.6 Å². The fourth-order valence-electron chi connectivity index (χ4n) is 6.22. The van der Waals surface area contributed by atoms with Crippen LogP contribution in [0.3, 0.4) is 0 Å². The molecular formula is C41H39N5O5. The Kier molecular flexibility index (Phi) is 9.48. The van der Waals surface area contributed by atoms with Crippen molar-refractivity contribution in [1.29, 1.82) is 0 Å². The van der Waals surface area contributed by atoms with Crippen LogP contribution in [0, 0.1) is 0 Å². The number of amides is 4. The highest BCUT2D eigenvalue weighted by atomic mass is 16.4. The molecule has 4 amide bonds. The third-order valence-corrected chi connectivity index (χ3v) is 9.30. The summed E-state index contributed by atoms with van der Waals surface area (Å²) >= 11 is 0. The van der Waals surface area contributed by atoms with E-state index < -0.39 is 11.1 Å². The molecule has 2 fully saturated rings. The van der Waals surface area contributed by atoms with Crippen LogP contribution in [-0.2, 0) is 32.0 Å². The van der Waals surface area contributed by atoms with Gasteiger partial charge in [-0.25, -0.2) is 4.98 Å². The Bertz CT molecular complexity index is 1870. The minimum atomic E-state index is -0.477. The lowest BCUT2D eigenvalue weighted by molar-refractivity contribution is -0.123. The maximum atomic E-state index is 12.8. The van der Waals surface area contributed by atoms with Gasteiger partial charge in [-0.2, -0.15) is 0 Å². The van der Waals surface area contributed by atoms with E-state index in [9.17, 15) is 19.2 Å². The Morgan fingerprint density at radius 3 is 1.41 bits per heavy atom. The van der Waals surface area contributed by atoms with Crippen molar-refractivity contribution >= 4 is 35.0 Å². The van der Waals surface area contributed by atoms with E-state index in [-0.39, 0.29) is 42.9 Å². The van der Waals surface area contributed by atoms with Crippen LogP contribution in [0.25, 0.3) is 22.8 Å². The zero-order valence-corrected chi connectivity index (χ0v) is 28.1. The molecule has 0 unspecified atom stereocenters. The van der Waals surface area contributed by atoms with Gasteiger partial charge in [-0.05, 0) is 85.3 Å². The van der Waals surface area contributed by atoms with Gasteiger partial charge < -0.3 is 25.7 Å². The molecule has 4 aromatic carbocycles. The summed E-state index contributed by atoms with van der Waals surface area (Å²) < 4.78 is 6.04. The normalized spacial score (nSPS) is 14.9. The fourth-order valence-corrected chi connectivity index (χ4v) is 6.22. The quantitative estimate of drug-likeness (QED) is 0.106. The molecule has 0 atom stereocenters. The first-order valence-electron chi connectivity index (χ1n) is 17.2. The second-order valence-electron chi connectivity index (χ2n) is 13.6. The highest BCUT2D eigenvalue weighted by Gasteiger charge is 2.46. The molecule has 2 aliphatic rings. The molecule has 51 heavy (non-hydrogen) atoms. The number of hydrogen-bond donors (Lipinski definition) is 4. The van der Waals surface area contributed by atoms with Gasteiger partial charge in [0.2, 0.25) is 29.5 Å². The first kappa shape index (κ1) is 33.5. The largest absolute Gasteiger partial charge is 0.436 e. The van der Waals surface area contributed by atoms with E-state index >= 15 is 0 Å². The van der Waals surface area contributed by atoms with Crippen molar-refractivity contribution in [2.24, 2.45) is 0 Å². The van der Waals surface area contributed by atoms with Crippen LogP contribution in [0.4, 0.5) is 11.4 Å². The zero-order chi connectivity index (χ0) is 35.3. The predicted molar refractivity (Wildman–Crippen MR) is 194 cm³/mol. The molecule has 258 valence electrons. The van der Waals surface area contributed by atoms with Crippen molar-refractivity contribution in [3.63, 3.8) is 0 Å². The molecule has 2 saturated carbocycles. The monoisotopic (exact) mass is 681 g/mol. The summed E-state index contributed by atoms with van der Waals surface area (Å²) in [7, 11) is 0. The summed E-state index contributed by atoms with van der Waals surface area (Å²) in [4.78, 5) is 55.2. The van der Waals surface area contributed by atoms with Crippen LogP contribution >= 0.6 is 0 Å². The average molecular weight is 682 g/mol. The number of aromatic nitrogens is 1. The molecule has 0 spiro atoms. The van der Waals surface area contributed by atoms with Gasteiger partial charge in [0.15, 0.2) is 5.76 Å². The summed E-state index contributed by atoms with van der Waals surface area (Å²) in [6, 6.07) is 33.7. The Labute approximate surface area is 296 Å². The summed E-state index contributed by atoms with van der Waals surface area (Å²) in [5.74, 6) is 0.536. The first-order valence-corrected chi connectivity index (χ1v) is 17.2. The molecular weight excluding hydrogens is 642 g/mol. The van der Waals surface area contributed by atoms with Crippen molar-refractivity contribution in [2.45, 2.75) is 62.4 Å². The molecule has 1 aromatic heterocycles.